The molecule has 2 aromatic rings. The van der Waals surface area contributed by atoms with Gasteiger partial charge < -0.3 is 15.2 Å². The van der Waals surface area contributed by atoms with Gasteiger partial charge in [-0.3, -0.25) is 4.79 Å². The molecule has 1 heterocycles. The van der Waals surface area contributed by atoms with E-state index in [0.717, 1.165) is 11.1 Å². The number of nitrogens with one attached hydrogen (secondary N) is 2. The van der Waals surface area contributed by atoms with E-state index in [2.05, 4.69) is 10.0 Å². The number of ether oxygens (including phenoxy) is 1. The smallest absolute Gasteiger partial charge is 0.240 e. The average Bonchev–Trinajstić information content (AvgIpc) is 2.60. The van der Waals surface area contributed by atoms with Crippen molar-refractivity contribution in [2.45, 2.75) is 17.2 Å². The van der Waals surface area contributed by atoms with Crippen LogP contribution < -0.4 is 14.8 Å². The van der Waals surface area contributed by atoms with Crippen molar-refractivity contribution in [3.8, 4) is 11.5 Å². The first-order valence-electron chi connectivity index (χ1n) is 7.60. The number of sulfonamides is 1. The number of carbonyl (C=O) groups excluding carboxylic acids is 1. The highest BCUT2D eigenvalue weighted by Gasteiger charge is 2.28. The Hall–Kier alpha value is -2.58. The third-order valence-electron chi connectivity index (χ3n) is 4.25. The van der Waals surface area contributed by atoms with Crippen LogP contribution in [0.1, 0.15) is 23.5 Å². The van der Waals surface area contributed by atoms with Crippen LogP contribution in [0.5, 0.6) is 11.5 Å². The van der Waals surface area contributed by atoms with Crippen LogP contribution in [0.25, 0.3) is 0 Å². The summed E-state index contributed by atoms with van der Waals surface area (Å²) >= 11 is 0. The minimum atomic E-state index is -3.52. The largest absolute Gasteiger partial charge is 0.504 e. The molecule has 7 nitrogen and oxygen atoms in total. The van der Waals surface area contributed by atoms with Crippen LogP contribution in [0.15, 0.2) is 41.3 Å². The quantitative estimate of drug-likeness (QED) is 0.769. The minimum Gasteiger partial charge on any atom is -0.504 e. The summed E-state index contributed by atoms with van der Waals surface area (Å²) in [6.45, 7) is 0. The number of rotatable bonds is 4. The van der Waals surface area contributed by atoms with E-state index in [4.69, 9.17) is 4.74 Å². The van der Waals surface area contributed by atoms with Crippen LogP contribution in [-0.4, -0.2) is 33.6 Å². The number of phenolic OH excluding ortho intramolecular Hbond substituents is 1. The summed E-state index contributed by atoms with van der Waals surface area (Å²) in [5.74, 6) is -0.175. The zero-order valence-electron chi connectivity index (χ0n) is 13.7. The fourth-order valence-corrected chi connectivity index (χ4v) is 3.67. The Kier molecular flexibility index (Phi) is 4.40. The van der Waals surface area contributed by atoms with Crippen molar-refractivity contribution in [3.63, 3.8) is 0 Å². The molecule has 0 saturated heterocycles. The molecule has 132 valence electrons. The first-order valence-corrected chi connectivity index (χ1v) is 9.08. The summed E-state index contributed by atoms with van der Waals surface area (Å²) in [4.78, 5) is 12.2. The van der Waals surface area contributed by atoms with Gasteiger partial charge in [-0.05, 0) is 36.4 Å². The van der Waals surface area contributed by atoms with E-state index in [-0.39, 0.29) is 28.9 Å². The second-order valence-corrected chi connectivity index (χ2v) is 7.58. The van der Waals surface area contributed by atoms with Gasteiger partial charge in [-0.25, -0.2) is 13.1 Å². The first kappa shape index (κ1) is 17.2. The second kappa shape index (κ2) is 6.38. The molecule has 8 heteroatoms. The van der Waals surface area contributed by atoms with Gasteiger partial charge in [0.25, 0.3) is 0 Å². The molecule has 1 aliphatic rings. The average molecular weight is 362 g/mol. The zero-order chi connectivity index (χ0) is 18.2. The molecule has 0 spiro atoms. The lowest BCUT2D eigenvalue weighted by atomic mass is 9.84. The van der Waals surface area contributed by atoms with E-state index in [9.17, 15) is 18.3 Å². The van der Waals surface area contributed by atoms with Gasteiger partial charge in [-0.1, -0.05) is 12.1 Å². The molecule has 1 unspecified atom stereocenters. The van der Waals surface area contributed by atoms with E-state index >= 15 is 0 Å². The van der Waals surface area contributed by atoms with Gasteiger partial charge in [-0.15, -0.1) is 0 Å². The Morgan fingerprint density at radius 3 is 2.52 bits per heavy atom. The fourth-order valence-electron chi connectivity index (χ4n) is 2.94. The number of hydrogen-bond acceptors (Lipinski definition) is 5. The fraction of sp³-hybridized carbons (Fsp3) is 0.235. The number of fused-ring (bicyclic) bond motifs is 1. The summed E-state index contributed by atoms with van der Waals surface area (Å²) < 4.78 is 31.1. The molecule has 1 atom stereocenters. The number of aromatic hydroxyl groups is 1. The van der Waals surface area contributed by atoms with Crippen molar-refractivity contribution < 1.29 is 23.1 Å². The number of carbonyl (C=O) groups is 1. The lowest BCUT2D eigenvalue weighted by Crippen LogP contribution is -2.23. The first-order chi connectivity index (χ1) is 11.9. The molecular formula is C17H18N2O5S. The molecule has 0 fully saturated rings. The van der Waals surface area contributed by atoms with Crippen molar-refractivity contribution >= 4 is 21.6 Å². The zero-order valence-corrected chi connectivity index (χ0v) is 14.6. The minimum absolute atomic E-state index is 0.0577. The molecule has 0 saturated carbocycles. The summed E-state index contributed by atoms with van der Waals surface area (Å²) in [5, 5.41) is 12.6. The Morgan fingerprint density at radius 1 is 1.24 bits per heavy atom. The maximum absolute atomic E-state index is 12.0. The van der Waals surface area contributed by atoms with Crippen molar-refractivity contribution in [2.75, 3.05) is 19.5 Å². The molecule has 2 aromatic carbocycles. The molecule has 3 rings (SSSR count). The normalized spacial score (nSPS) is 16.9. The van der Waals surface area contributed by atoms with Crippen molar-refractivity contribution in [1.29, 1.82) is 0 Å². The molecule has 0 aromatic heterocycles. The van der Waals surface area contributed by atoms with Gasteiger partial charge >= 0.3 is 0 Å². The highest BCUT2D eigenvalue weighted by molar-refractivity contribution is 7.89. The summed E-state index contributed by atoms with van der Waals surface area (Å²) in [6.07, 6.45) is 0.221. The Bertz CT molecular complexity index is 923. The molecule has 1 aliphatic heterocycles. The van der Waals surface area contributed by atoms with E-state index in [1.54, 1.807) is 18.2 Å². The lowest BCUT2D eigenvalue weighted by molar-refractivity contribution is -0.116. The van der Waals surface area contributed by atoms with Gasteiger partial charge in [-0.2, -0.15) is 0 Å². The summed E-state index contributed by atoms with van der Waals surface area (Å²) in [5.41, 5.74) is 2.13. The number of methoxy groups -OCH3 is 1. The third-order valence-corrected chi connectivity index (χ3v) is 5.68. The number of benzene rings is 2. The van der Waals surface area contributed by atoms with Crippen LogP contribution in [0, 0.1) is 0 Å². The van der Waals surface area contributed by atoms with Crippen LogP contribution >= 0.6 is 0 Å². The summed E-state index contributed by atoms with van der Waals surface area (Å²) in [6, 6.07) is 9.54. The second-order valence-electron chi connectivity index (χ2n) is 5.69. The predicted octanol–water partition coefficient (Wildman–Crippen LogP) is 1.78. The molecule has 25 heavy (non-hydrogen) atoms. The highest BCUT2D eigenvalue weighted by atomic mass is 32.2. The molecular weight excluding hydrogens is 344 g/mol. The van der Waals surface area contributed by atoms with Crippen LogP contribution in [-0.2, 0) is 14.8 Å². The van der Waals surface area contributed by atoms with Crippen molar-refractivity contribution in [3.05, 3.63) is 47.5 Å². The van der Waals surface area contributed by atoms with Crippen LogP contribution in [0.3, 0.4) is 0 Å². The predicted molar refractivity (Wildman–Crippen MR) is 92.4 cm³/mol. The third kappa shape index (κ3) is 3.18. The van der Waals surface area contributed by atoms with Gasteiger partial charge in [0.1, 0.15) is 0 Å². The molecule has 3 N–H and O–H groups in total. The number of anilines is 1. The van der Waals surface area contributed by atoms with Crippen molar-refractivity contribution in [1.82, 2.24) is 4.72 Å². The van der Waals surface area contributed by atoms with Crippen LogP contribution in [0.4, 0.5) is 5.69 Å². The van der Waals surface area contributed by atoms with Crippen molar-refractivity contribution in [2.24, 2.45) is 0 Å². The Labute approximate surface area is 145 Å². The van der Waals surface area contributed by atoms with Gasteiger partial charge in [0.05, 0.1) is 12.0 Å². The van der Waals surface area contributed by atoms with Gasteiger partial charge in [0.15, 0.2) is 11.5 Å². The van der Waals surface area contributed by atoms with E-state index in [0.29, 0.717) is 11.4 Å². The van der Waals surface area contributed by atoms with Crippen LogP contribution in [0.2, 0.25) is 0 Å². The molecule has 0 aliphatic carbocycles. The molecule has 0 radical (unpaired) electrons. The summed E-state index contributed by atoms with van der Waals surface area (Å²) in [7, 11) is -0.711. The van der Waals surface area contributed by atoms with Gasteiger partial charge in [0.2, 0.25) is 15.9 Å². The van der Waals surface area contributed by atoms with E-state index < -0.39 is 10.0 Å². The topological polar surface area (TPSA) is 105 Å². The number of phenols is 1. The lowest BCUT2D eigenvalue weighted by Gasteiger charge is -2.27. The Balaban J connectivity index is 2.05. The standard InChI is InChI=1S/C17H18N2O5S/c1-18-25(22,23)11-5-3-10(4-6-11)12-8-17(21)19-14-9-15(20)16(24-2)7-13(12)14/h3-7,9,12,18,20H,8H2,1-2H3,(H,19,21). The monoisotopic (exact) mass is 362 g/mol. The Morgan fingerprint density at radius 2 is 1.92 bits per heavy atom. The van der Waals surface area contributed by atoms with Gasteiger partial charge in [0, 0.05) is 24.1 Å². The van der Waals surface area contributed by atoms with E-state index in [1.807, 2.05) is 0 Å². The maximum atomic E-state index is 12.0. The molecule has 1 amide bonds. The molecule has 0 bridgehead atoms. The number of hydrogen-bond donors (Lipinski definition) is 3. The number of amides is 1. The highest BCUT2D eigenvalue weighted by Crippen LogP contribution is 2.42. The van der Waals surface area contributed by atoms with E-state index in [1.165, 1.54) is 32.4 Å². The SMILES string of the molecule is CNS(=O)(=O)c1ccc(C2CC(=O)Nc3cc(O)c(OC)cc32)cc1. The maximum Gasteiger partial charge on any atom is 0.240 e.